The lowest BCUT2D eigenvalue weighted by Gasteiger charge is -2.22. The van der Waals surface area contributed by atoms with Gasteiger partial charge in [0.15, 0.2) is 0 Å². The summed E-state index contributed by atoms with van der Waals surface area (Å²) in [6.07, 6.45) is 0. The summed E-state index contributed by atoms with van der Waals surface area (Å²) in [5.74, 6) is -0.325. The summed E-state index contributed by atoms with van der Waals surface area (Å²) in [6.45, 7) is 5.51. The molecular formula is C19H24N2O3S. The molecule has 0 fully saturated rings. The Hall–Kier alpha value is -2.18. The Labute approximate surface area is 149 Å². The Morgan fingerprint density at radius 1 is 1.08 bits per heavy atom. The summed E-state index contributed by atoms with van der Waals surface area (Å²) in [5.41, 5.74) is 1.96. The molecule has 2 aromatic rings. The standard InChI is InChI=1S/C19H24N2O3S/c1-4-21(25(23,24)18-12-10-15(2)11-13-18)14-19(22)20-16(3)17-8-6-5-7-9-17/h5-13,16H,4,14H2,1-3H3,(H,20,22)/t16-/m0/s1. The van der Waals surface area contributed by atoms with E-state index in [1.54, 1.807) is 31.2 Å². The molecule has 5 nitrogen and oxygen atoms in total. The number of likely N-dealkylation sites (N-methyl/N-ethyl adjacent to an activating group) is 1. The highest BCUT2D eigenvalue weighted by molar-refractivity contribution is 7.89. The molecule has 1 amide bonds. The molecule has 0 radical (unpaired) electrons. The minimum absolute atomic E-state index is 0.186. The van der Waals surface area contributed by atoms with Crippen LogP contribution in [0, 0.1) is 6.92 Å². The average Bonchev–Trinajstić information content (AvgIpc) is 2.60. The Morgan fingerprint density at radius 3 is 2.24 bits per heavy atom. The molecule has 0 aliphatic rings. The summed E-state index contributed by atoms with van der Waals surface area (Å²) in [5, 5.41) is 2.85. The van der Waals surface area contributed by atoms with Gasteiger partial charge in [-0.2, -0.15) is 4.31 Å². The van der Waals surface area contributed by atoms with Gasteiger partial charge in [-0.3, -0.25) is 4.79 Å². The fraction of sp³-hybridized carbons (Fsp3) is 0.316. The van der Waals surface area contributed by atoms with Crippen LogP contribution in [0.4, 0.5) is 0 Å². The maximum atomic E-state index is 12.7. The number of nitrogens with zero attached hydrogens (tertiary/aromatic N) is 1. The molecule has 1 atom stereocenters. The molecule has 0 bridgehead atoms. The fourth-order valence-electron chi connectivity index (χ4n) is 2.50. The minimum Gasteiger partial charge on any atom is -0.348 e. The number of carbonyl (C=O) groups is 1. The lowest BCUT2D eigenvalue weighted by molar-refractivity contribution is -0.121. The molecule has 2 aromatic carbocycles. The second kappa shape index (κ2) is 8.27. The lowest BCUT2D eigenvalue weighted by atomic mass is 10.1. The van der Waals surface area contributed by atoms with Crippen molar-refractivity contribution in [1.82, 2.24) is 9.62 Å². The van der Waals surface area contributed by atoms with Crippen molar-refractivity contribution >= 4 is 15.9 Å². The zero-order chi connectivity index (χ0) is 18.4. The van der Waals surface area contributed by atoms with Gasteiger partial charge >= 0.3 is 0 Å². The molecule has 6 heteroatoms. The molecule has 0 saturated carbocycles. The van der Waals surface area contributed by atoms with E-state index in [0.717, 1.165) is 11.1 Å². The maximum Gasteiger partial charge on any atom is 0.243 e. The molecule has 0 spiro atoms. The number of carbonyl (C=O) groups excluding carboxylic acids is 1. The van der Waals surface area contributed by atoms with E-state index in [9.17, 15) is 13.2 Å². The first kappa shape index (κ1) is 19.1. The number of benzene rings is 2. The van der Waals surface area contributed by atoms with Gasteiger partial charge in [-0.15, -0.1) is 0 Å². The van der Waals surface area contributed by atoms with Crippen molar-refractivity contribution in [2.24, 2.45) is 0 Å². The van der Waals surface area contributed by atoms with Gasteiger partial charge in [-0.1, -0.05) is 55.0 Å². The van der Waals surface area contributed by atoms with Crippen molar-refractivity contribution in [3.05, 3.63) is 65.7 Å². The quantitative estimate of drug-likeness (QED) is 0.826. The molecule has 0 saturated heterocycles. The number of hydrogen-bond acceptors (Lipinski definition) is 3. The predicted molar refractivity (Wildman–Crippen MR) is 98.6 cm³/mol. The van der Waals surface area contributed by atoms with Crippen molar-refractivity contribution in [3.63, 3.8) is 0 Å². The Balaban J connectivity index is 2.08. The first-order valence-corrected chi connectivity index (χ1v) is 9.69. The third-order valence-electron chi connectivity index (χ3n) is 4.01. The third-order valence-corrected chi connectivity index (χ3v) is 5.94. The smallest absolute Gasteiger partial charge is 0.243 e. The predicted octanol–water partition coefficient (Wildman–Crippen LogP) is 2.88. The van der Waals surface area contributed by atoms with Crippen LogP contribution < -0.4 is 5.32 Å². The lowest BCUT2D eigenvalue weighted by Crippen LogP contribution is -2.41. The van der Waals surface area contributed by atoms with Gasteiger partial charge in [0.1, 0.15) is 0 Å². The molecule has 2 rings (SSSR count). The molecular weight excluding hydrogens is 336 g/mol. The van der Waals surface area contributed by atoms with Crippen LogP contribution in [0.1, 0.15) is 31.0 Å². The summed E-state index contributed by atoms with van der Waals surface area (Å²) in [7, 11) is -3.69. The summed E-state index contributed by atoms with van der Waals surface area (Å²) < 4.78 is 26.6. The van der Waals surface area contributed by atoms with E-state index >= 15 is 0 Å². The Kier molecular flexibility index (Phi) is 6.33. The topological polar surface area (TPSA) is 66.5 Å². The number of nitrogens with one attached hydrogen (secondary N) is 1. The van der Waals surface area contributed by atoms with Crippen LogP contribution in [0.5, 0.6) is 0 Å². The molecule has 0 aromatic heterocycles. The summed E-state index contributed by atoms with van der Waals surface area (Å²) in [6, 6.07) is 16.0. The Morgan fingerprint density at radius 2 is 1.68 bits per heavy atom. The normalized spacial score (nSPS) is 12.8. The number of amides is 1. The molecule has 0 aliphatic heterocycles. The second-order valence-electron chi connectivity index (χ2n) is 5.94. The van der Waals surface area contributed by atoms with Crippen LogP contribution in [0.15, 0.2) is 59.5 Å². The van der Waals surface area contributed by atoms with Crippen molar-refractivity contribution in [3.8, 4) is 0 Å². The van der Waals surface area contributed by atoms with Gasteiger partial charge in [0, 0.05) is 6.54 Å². The largest absolute Gasteiger partial charge is 0.348 e. The first-order chi connectivity index (χ1) is 11.8. The zero-order valence-corrected chi connectivity index (χ0v) is 15.6. The highest BCUT2D eigenvalue weighted by Gasteiger charge is 2.25. The van der Waals surface area contributed by atoms with Crippen LogP contribution in [-0.4, -0.2) is 31.7 Å². The molecule has 25 heavy (non-hydrogen) atoms. The number of sulfonamides is 1. The highest BCUT2D eigenvalue weighted by Crippen LogP contribution is 2.16. The van der Waals surface area contributed by atoms with Crippen LogP contribution in [0.25, 0.3) is 0 Å². The van der Waals surface area contributed by atoms with Gasteiger partial charge in [-0.25, -0.2) is 8.42 Å². The van der Waals surface area contributed by atoms with E-state index in [-0.39, 0.29) is 29.9 Å². The highest BCUT2D eigenvalue weighted by atomic mass is 32.2. The van der Waals surface area contributed by atoms with E-state index in [4.69, 9.17) is 0 Å². The van der Waals surface area contributed by atoms with E-state index in [0.29, 0.717) is 0 Å². The molecule has 0 aliphatic carbocycles. The van der Waals surface area contributed by atoms with E-state index in [2.05, 4.69) is 5.32 Å². The minimum atomic E-state index is -3.69. The van der Waals surface area contributed by atoms with Crippen molar-refractivity contribution in [1.29, 1.82) is 0 Å². The van der Waals surface area contributed by atoms with Gasteiger partial charge in [0.25, 0.3) is 0 Å². The van der Waals surface area contributed by atoms with E-state index < -0.39 is 10.0 Å². The van der Waals surface area contributed by atoms with Crippen LogP contribution in [0.3, 0.4) is 0 Å². The van der Waals surface area contributed by atoms with Gasteiger partial charge in [0.2, 0.25) is 15.9 Å². The monoisotopic (exact) mass is 360 g/mol. The SMILES string of the molecule is CCN(CC(=O)N[C@@H](C)c1ccccc1)S(=O)(=O)c1ccc(C)cc1. The number of rotatable bonds is 7. The molecule has 1 N–H and O–H groups in total. The van der Waals surface area contributed by atoms with Gasteiger partial charge < -0.3 is 5.32 Å². The number of aryl methyl sites for hydroxylation is 1. The van der Waals surface area contributed by atoms with Gasteiger partial charge in [-0.05, 0) is 31.5 Å². The second-order valence-corrected chi connectivity index (χ2v) is 7.88. The fourth-order valence-corrected chi connectivity index (χ4v) is 3.90. The number of hydrogen-bond donors (Lipinski definition) is 1. The molecule has 0 heterocycles. The van der Waals surface area contributed by atoms with Crippen molar-refractivity contribution in [2.45, 2.75) is 31.7 Å². The van der Waals surface area contributed by atoms with E-state index in [1.807, 2.05) is 44.2 Å². The van der Waals surface area contributed by atoms with Crippen LogP contribution in [-0.2, 0) is 14.8 Å². The maximum absolute atomic E-state index is 12.7. The van der Waals surface area contributed by atoms with Crippen LogP contribution >= 0.6 is 0 Å². The summed E-state index contributed by atoms with van der Waals surface area (Å²) >= 11 is 0. The van der Waals surface area contributed by atoms with Gasteiger partial charge in [0.05, 0.1) is 17.5 Å². The van der Waals surface area contributed by atoms with Crippen molar-refractivity contribution < 1.29 is 13.2 Å². The van der Waals surface area contributed by atoms with Crippen molar-refractivity contribution in [2.75, 3.05) is 13.1 Å². The van der Waals surface area contributed by atoms with E-state index in [1.165, 1.54) is 4.31 Å². The Bertz CT molecular complexity index is 802. The average molecular weight is 360 g/mol. The zero-order valence-electron chi connectivity index (χ0n) is 14.8. The molecule has 134 valence electrons. The van der Waals surface area contributed by atoms with Crippen LogP contribution in [0.2, 0.25) is 0 Å². The summed E-state index contributed by atoms with van der Waals surface area (Å²) in [4.78, 5) is 12.5. The first-order valence-electron chi connectivity index (χ1n) is 8.25. The molecule has 0 unspecified atom stereocenters. The third kappa shape index (κ3) is 4.90.